The van der Waals surface area contributed by atoms with E-state index in [9.17, 15) is 0 Å². The van der Waals surface area contributed by atoms with Gasteiger partial charge in [0.05, 0.1) is 0 Å². The third kappa shape index (κ3) is 1.39. The Kier molecular flexibility index (Phi) is 2.50. The lowest BCUT2D eigenvalue weighted by Crippen LogP contribution is -2.37. The van der Waals surface area contributed by atoms with Crippen LogP contribution in [0.1, 0.15) is 12.8 Å². The molecule has 4 heteroatoms. The maximum absolute atomic E-state index is 8.56. The van der Waals surface area contributed by atoms with E-state index in [0.29, 0.717) is 5.96 Å². The molecule has 4 nitrogen and oxygen atoms in total. The Morgan fingerprint density at radius 1 is 1.50 bits per heavy atom. The van der Waals surface area contributed by atoms with Crippen LogP contribution in [0.4, 0.5) is 0 Å². The number of hydroxylamine groups is 1. The monoisotopic (exact) mass is 143 g/mol. The van der Waals surface area contributed by atoms with Crippen LogP contribution in [-0.2, 0) is 0 Å². The molecule has 0 atom stereocenters. The molecule has 0 bridgehead atoms. The normalized spacial score (nSPS) is 19.8. The molecule has 0 unspecified atom stereocenters. The van der Waals surface area contributed by atoms with E-state index in [1.54, 1.807) is 7.05 Å². The molecule has 1 aliphatic rings. The van der Waals surface area contributed by atoms with Gasteiger partial charge in [0.2, 0.25) is 5.96 Å². The Bertz CT molecular complexity index is 129. The lowest BCUT2D eigenvalue weighted by molar-refractivity contribution is 0.215. The topological polar surface area (TPSA) is 47.9 Å². The van der Waals surface area contributed by atoms with E-state index in [0.717, 1.165) is 13.1 Å². The summed E-state index contributed by atoms with van der Waals surface area (Å²) in [5.74, 6) is 0.581. The van der Waals surface area contributed by atoms with Crippen LogP contribution >= 0.6 is 0 Å². The zero-order valence-corrected chi connectivity index (χ0v) is 6.17. The standard InChI is InChI=1S/C6H13N3O/c1-7-6(8-10)9-4-2-3-5-9/h10H,2-5H2,1H3,(H,7,8). The number of rotatable bonds is 0. The van der Waals surface area contributed by atoms with Gasteiger partial charge in [-0.3, -0.25) is 10.2 Å². The van der Waals surface area contributed by atoms with Gasteiger partial charge < -0.3 is 4.90 Å². The number of nitrogens with one attached hydrogen (secondary N) is 1. The minimum atomic E-state index is 0.581. The van der Waals surface area contributed by atoms with Gasteiger partial charge in [0.25, 0.3) is 0 Å². The molecule has 0 spiro atoms. The Morgan fingerprint density at radius 2 is 2.10 bits per heavy atom. The lowest BCUT2D eigenvalue weighted by atomic mass is 10.4. The molecule has 1 aliphatic heterocycles. The SMILES string of the molecule is CN=C(NO)N1CCCC1. The second-order valence-electron chi connectivity index (χ2n) is 2.35. The van der Waals surface area contributed by atoms with Crippen LogP contribution in [0.15, 0.2) is 4.99 Å². The van der Waals surface area contributed by atoms with Crippen molar-refractivity contribution in [2.75, 3.05) is 20.1 Å². The summed E-state index contributed by atoms with van der Waals surface area (Å²) in [6.07, 6.45) is 2.39. The Balaban J connectivity index is 2.45. The second kappa shape index (κ2) is 3.41. The Hall–Kier alpha value is -0.770. The van der Waals surface area contributed by atoms with Gasteiger partial charge in [-0.25, -0.2) is 5.48 Å². The predicted octanol–water partition coefficient (Wildman–Crippen LogP) is 0.0468. The average Bonchev–Trinajstić information content (AvgIpc) is 2.43. The molecule has 0 aromatic rings. The first kappa shape index (κ1) is 7.34. The summed E-state index contributed by atoms with van der Waals surface area (Å²) >= 11 is 0. The maximum atomic E-state index is 8.56. The molecule has 2 N–H and O–H groups in total. The van der Waals surface area contributed by atoms with E-state index in [-0.39, 0.29) is 0 Å². The van der Waals surface area contributed by atoms with Crippen LogP contribution in [0.25, 0.3) is 0 Å². The lowest BCUT2D eigenvalue weighted by Gasteiger charge is -2.17. The quantitative estimate of drug-likeness (QED) is 0.286. The fraction of sp³-hybridized carbons (Fsp3) is 0.833. The predicted molar refractivity (Wildman–Crippen MR) is 39.1 cm³/mol. The molecule has 58 valence electrons. The van der Waals surface area contributed by atoms with Gasteiger partial charge in [-0.15, -0.1) is 0 Å². The highest BCUT2D eigenvalue weighted by Crippen LogP contribution is 2.06. The summed E-state index contributed by atoms with van der Waals surface area (Å²) in [6, 6.07) is 0. The molecule has 1 saturated heterocycles. The van der Waals surface area contributed by atoms with Crippen LogP contribution in [0.2, 0.25) is 0 Å². The van der Waals surface area contributed by atoms with Gasteiger partial charge in [0.15, 0.2) is 0 Å². The zero-order valence-electron chi connectivity index (χ0n) is 6.17. The van der Waals surface area contributed by atoms with Gasteiger partial charge in [-0.05, 0) is 12.8 Å². The first-order valence-electron chi connectivity index (χ1n) is 3.50. The van der Waals surface area contributed by atoms with Crippen molar-refractivity contribution < 1.29 is 5.21 Å². The minimum absolute atomic E-state index is 0.581. The number of nitrogens with zero attached hydrogens (tertiary/aromatic N) is 2. The molecule has 1 fully saturated rings. The highest BCUT2D eigenvalue weighted by atomic mass is 16.5. The van der Waals surface area contributed by atoms with Crippen molar-refractivity contribution in [1.29, 1.82) is 0 Å². The molecule has 0 amide bonds. The van der Waals surface area contributed by atoms with Gasteiger partial charge in [0, 0.05) is 20.1 Å². The molecule has 1 heterocycles. The van der Waals surface area contributed by atoms with Crippen LogP contribution < -0.4 is 5.48 Å². The number of likely N-dealkylation sites (tertiary alicyclic amines) is 1. The van der Waals surface area contributed by atoms with Crippen molar-refractivity contribution in [3.8, 4) is 0 Å². The van der Waals surface area contributed by atoms with E-state index in [1.807, 2.05) is 4.90 Å². The molecule has 0 aromatic heterocycles. The molecular formula is C6H13N3O. The van der Waals surface area contributed by atoms with Crippen molar-refractivity contribution >= 4 is 5.96 Å². The molecule has 0 aromatic carbocycles. The second-order valence-corrected chi connectivity index (χ2v) is 2.35. The number of guanidine groups is 1. The smallest absolute Gasteiger partial charge is 0.217 e. The summed E-state index contributed by atoms with van der Waals surface area (Å²) in [4.78, 5) is 5.90. The van der Waals surface area contributed by atoms with Gasteiger partial charge >= 0.3 is 0 Å². The van der Waals surface area contributed by atoms with Crippen molar-refractivity contribution in [2.24, 2.45) is 4.99 Å². The summed E-state index contributed by atoms with van der Waals surface area (Å²) in [7, 11) is 1.66. The number of hydrogen-bond donors (Lipinski definition) is 2. The molecule has 10 heavy (non-hydrogen) atoms. The maximum Gasteiger partial charge on any atom is 0.217 e. The van der Waals surface area contributed by atoms with Gasteiger partial charge in [0.1, 0.15) is 0 Å². The molecular weight excluding hydrogens is 130 g/mol. The number of hydrogen-bond acceptors (Lipinski definition) is 2. The van der Waals surface area contributed by atoms with Crippen LogP contribution in [0.5, 0.6) is 0 Å². The molecule has 0 aliphatic carbocycles. The van der Waals surface area contributed by atoms with E-state index < -0.39 is 0 Å². The molecule has 0 radical (unpaired) electrons. The summed E-state index contributed by atoms with van der Waals surface area (Å²) in [6.45, 7) is 2.00. The number of aliphatic imine (C=N–C) groups is 1. The minimum Gasteiger partial charge on any atom is -0.341 e. The van der Waals surface area contributed by atoms with Crippen molar-refractivity contribution in [3.05, 3.63) is 0 Å². The van der Waals surface area contributed by atoms with Gasteiger partial charge in [-0.1, -0.05) is 0 Å². The van der Waals surface area contributed by atoms with Crippen molar-refractivity contribution in [1.82, 2.24) is 10.4 Å². The van der Waals surface area contributed by atoms with Crippen molar-refractivity contribution in [3.63, 3.8) is 0 Å². The van der Waals surface area contributed by atoms with Crippen LogP contribution in [0.3, 0.4) is 0 Å². The highest BCUT2D eigenvalue weighted by Gasteiger charge is 2.14. The van der Waals surface area contributed by atoms with E-state index in [2.05, 4.69) is 10.5 Å². The first-order valence-corrected chi connectivity index (χ1v) is 3.50. The van der Waals surface area contributed by atoms with E-state index in [1.165, 1.54) is 12.8 Å². The Morgan fingerprint density at radius 3 is 2.50 bits per heavy atom. The average molecular weight is 143 g/mol. The van der Waals surface area contributed by atoms with Crippen molar-refractivity contribution in [2.45, 2.75) is 12.8 Å². The fourth-order valence-electron chi connectivity index (χ4n) is 1.19. The van der Waals surface area contributed by atoms with E-state index in [4.69, 9.17) is 5.21 Å². The Labute approximate surface area is 60.5 Å². The fourth-order valence-corrected chi connectivity index (χ4v) is 1.19. The molecule has 1 rings (SSSR count). The summed E-state index contributed by atoms with van der Waals surface area (Å²) < 4.78 is 0. The first-order chi connectivity index (χ1) is 4.88. The zero-order chi connectivity index (χ0) is 7.40. The summed E-state index contributed by atoms with van der Waals surface area (Å²) in [5, 5.41) is 8.56. The van der Waals surface area contributed by atoms with E-state index >= 15 is 0 Å². The molecule has 0 saturated carbocycles. The van der Waals surface area contributed by atoms with Crippen LogP contribution in [-0.4, -0.2) is 36.2 Å². The largest absolute Gasteiger partial charge is 0.341 e. The van der Waals surface area contributed by atoms with Gasteiger partial charge in [-0.2, -0.15) is 0 Å². The third-order valence-electron chi connectivity index (χ3n) is 1.72. The van der Waals surface area contributed by atoms with Crippen LogP contribution in [0, 0.1) is 0 Å². The third-order valence-corrected chi connectivity index (χ3v) is 1.72. The highest BCUT2D eigenvalue weighted by molar-refractivity contribution is 5.78. The summed E-state index contributed by atoms with van der Waals surface area (Å²) in [5.41, 5.74) is 2.07.